The van der Waals surface area contributed by atoms with Crippen LogP contribution >= 0.6 is 0 Å². The molecule has 0 radical (unpaired) electrons. The van der Waals surface area contributed by atoms with Crippen molar-refractivity contribution >= 4 is 11.8 Å². The van der Waals surface area contributed by atoms with E-state index in [1.165, 1.54) is 0 Å². The van der Waals surface area contributed by atoms with Crippen LogP contribution in [-0.4, -0.2) is 61.0 Å². The predicted molar refractivity (Wildman–Crippen MR) is 99.1 cm³/mol. The number of morpholine rings is 1. The first-order valence-electron chi connectivity index (χ1n) is 9.99. The summed E-state index contributed by atoms with van der Waals surface area (Å²) in [6.07, 6.45) is 9.72. The number of hydrogen-bond donors (Lipinski definition) is 0. The van der Waals surface area contributed by atoms with Gasteiger partial charge in [0, 0.05) is 26.2 Å². The molecule has 25 heavy (non-hydrogen) atoms. The number of nitrogens with zero attached hydrogens (tertiary/aromatic N) is 2. The Labute approximate surface area is 152 Å². The van der Waals surface area contributed by atoms with Crippen molar-refractivity contribution in [1.29, 1.82) is 0 Å². The van der Waals surface area contributed by atoms with E-state index < -0.39 is 0 Å². The number of hydrogen-bond acceptors (Lipinski definition) is 3. The van der Waals surface area contributed by atoms with Crippen LogP contribution in [0, 0.1) is 11.8 Å². The van der Waals surface area contributed by atoms with E-state index in [1.54, 1.807) is 0 Å². The lowest BCUT2D eigenvalue weighted by atomic mass is 9.80. The lowest BCUT2D eigenvalue weighted by molar-refractivity contribution is -0.149. The van der Waals surface area contributed by atoms with Gasteiger partial charge in [0.25, 0.3) is 0 Å². The molecular weight excluding hydrogens is 316 g/mol. The summed E-state index contributed by atoms with van der Waals surface area (Å²) in [4.78, 5) is 30.1. The summed E-state index contributed by atoms with van der Waals surface area (Å²) in [5.74, 6) is -0.0924. The number of ether oxygens (including phenoxy) is 1. The lowest BCUT2D eigenvalue weighted by Gasteiger charge is -2.36. The van der Waals surface area contributed by atoms with Crippen molar-refractivity contribution in [3.63, 3.8) is 0 Å². The molecular formula is C20H34N2O3. The molecule has 2 amide bonds. The molecule has 0 saturated carbocycles. The van der Waals surface area contributed by atoms with E-state index in [0.29, 0.717) is 39.1 Å². The molecule has 0 spiro atoms. The highest BCUT2D eigenvalue weighted by Gasteiger charge is 2.38. The zero-order valence-electron chi connectivity index (χ0n) is 15.9. The smallest absolute Gasteiger partial charge is 0.226 e. The van der Waals surface area contributed by atoms with E-state index in [4.69, 9.17) is 4.74 Å². The number of amides is 2. The lowest BCUT2D eigenvalue weighted by Crippen LogP contribution is -2.49. The molecule has 0 bridgehead atoms. The van der Waals surface area contributed by atoms with Gasteiger partial charge < -0.3 is 14.5 Å². The summed E-state index contributed by atoms with van der Waals surface area (Å²) in [6, 6.07) is 0. The van der Waals surface area contributed by atoms with Gasteiger partial charge in [-0.15, -0.1) is 0 Å². The predicted octanol–water partition coefficient (Wildman–Crippen LogP) is 2.86. The largest absolute Gasteiger partial charge is 0.378 e. The number of carbonyl (C=O) groups is 2. The standard InChI is InChI=1S/C20H34N2O3/c1-3-5-11-21(12-6-4-2)19(23)17-9-7-8-10-18(17)20(24)22-13-15-25-16-14-22/h7-8,17-18H,3-6,9-16H2,1-2H3. The SMILES string of the molecule is CCCCN(CCCC)C(=O)C1CC=CCC1C(=O)N1CCOCC1. The highest BCUT2D eigenvalue weighted by molar-refractivity contribution is 5.88. The first kappa shape index (κ1) is 20.0. The Morgan fingerprint density at radius 3 is 2.12 bits per heavy atom. The van der Waals surface area contributed by atoms with E-state index in [9.17, 15) is 9.59 Å². The van der Waals surface area contributed by atoms with Crippen molar-refractivity contribution in [2.75, 3.05) is 39.4 Å². The van der Waals surface area contributed by atoms with Gasteiger partial charge in [0.05, 0.1) is 25.0 Å². The van der Waals surface area contributed by atoms with Crippen LogP contribution in [0.4, 0.5) is 0 Å². The van der Waals surface area contributed by atoms with Crippen LogP contribution < -0.4 is 0 Å². The van der Waals surface area contributed by atoms with Gasteiger partial charge in [-0.3, -0.25) is 9.59 Å². The van der Waals surface area contributed by atoms with Crippen molar-refractivity contribution in [1.82, 2.24) is 9.80 Å². The minimum Gasteiger partial charge on any atom is -0.378 e. The summed E-state index contributed by atoms with van der Waals surface area (Å²) in [5.41, 5.74) is 0. The van der Waals surface area contributed by atoms with Crippen LogP contribution in [0.25, 0.3) is 0 Å². The van der Waals surface area contributed by atoms with Gasteiger partial charge in [-0.1, -0.05) is 38.8 Å². The van der Waals surface area contributed by atoms with Gasteiger partial charge in [0.2, 0.25) is 11.8 Å². The third-order valence-electron chi connectivity index (χ3n) is 5.26. The molecule has 2 rings (SSSR count). The van der Waals surface area contributed by atoms with Gasteiger partial charge in [-0.2, -0.15) is 0 Å². The molecule has 1 heterocycles. The van der Waals surface area contributed by atoms with Crippen molar-refractivity contribution in [2.45, 2.75) is 52.4 Å². The van der Waals surface area contributed by atoms with Gasteiger partial charge in [-0.25, -0.2) is 0 Å². The average Bonchev–Trinajstić information content (AvgIpc) is 2.68. The van der Waals surface area contributed by atoms with Gasteiger partial charge >= 0.3 is 0 Å². The van der Waals surface area contributed by atoms with Crippen LogP contribution in [-0.2, 0) is 14.3 Å². The second kappa shape index (κ2) is 10.6. The summed E-state index contributed by atoms with van der Waals surface area (Å²) >= 11 is 0. The van der Waals surface area contributed by atoms with E-state index in [2.05, 4.69) is 26.0 Å². The van der Waals surface area contributed by atoms with Crippen LogP contribution in [0.5, 0.6) is 0 Å². The normalized spacial score (nSPS) is 23.5. The van der Waals surface area contributed by atoms with Crippen LogP contribution in [0.2, 0.25) is 0 Å². The zero-order valence-corrected chi connectivity index (χ0v) is 15.9. The van der Waals surface area contributed by atoms with Gasteiger partial charge in [-0.05, 0) is 25.7 Å². The fraction of sp³-hybridized carbons (Fsp3) is 0.800. The number of rotatable bonds is 8. The maximum Gasteiger partial charge on any atom is 0.226 e. The maximum absolute atomic E-state index is 13.2. The van der Waals surface area contributed by atoms with Crippen LogP contribution in [0.15, 0.2) is 12.2 Å². The number of allylic oxidation sites excluding steroid dienone is 2. The average molecular weight is 351 g/mol. The highest BCUT2D eigenvalue weighted by atomic mass is 16.5. The van der Waals surface area contributed by atoms with E-state index in [-0.39, 0.29) is 23.7 Å². The third kappa shape index (κ3) is 5.56. The monoisotopic (exact) mass is 350 g/mol. The Hall–Kier alpha value is -1.36. The quantitative estimate of drug-likeness (QED) is 0.633. The van der Waals surface area contributed by atoms with Gasteiger partial charge in [0.1, 0.15) is 0 Å². The first-order valence-corrected chi connectivity index (χ1v) is 9.99. The number of carbonyl (C=O) groups excluding carboxylic acids is 2. The van der Waals surface area contributed by atoms with E-state index in [0.717, 1.165) is 38.8 Å². The Morgan fingerprint density at radius 1 is 1.00 bits per heavy atom. The van der Waals surface area contributed by atoms with Crippen molar-refractivity contribution in [3.05, 3.63) is 12.2 Å². The topological polar surface area (TPSA) is 49.9 Å². The first-order chi connectivity index (χ1) is 12.2. The molecule has 142 valence electrons. The maximum atomic E-state index is 13.2. The summed E-state index contributed by atoms with van der Waals surface area (Å²) < 4.78 is 5.36. The van der Waals surface area contributed by atoms with E-state index in [1.807, 2.05) is 9.80 Å². The summed E-state index contributed by atoms with van der Waals surface area (Å²) in [5, 5.41) is 0. The minimum atomic E-state index is -0.207. The molecule has 0 aromatic carbocycles. The molecule has 0 aromatic heterocycles. The Balaban J connectivity index is 2.07. The zero-order chi connectivity index (χ0) is 18.1. The summed E-state index contributed by atoms with van der Waals surface area (Å²) in [7, 11) is 0. The number of unbranched alkanes of at least 4 members (excludes halogenated alkanes) is 2. The molecule has 2 aliphatic rings. The molecule has 1 saturated heterocycles. The Morgan fingerprint density at radius 2 is 1.56 bits per heavy atom. The highest BCUT2D eigenvalue weighted by Crippen LogP contribution is 2.30. The van der Waals surface area contributed by atoms with Crippen LogP contribution in [0.3, 0.4) is 0 Å². The van der Waals surface area contributed by atoms with E-state index >= 15 is 0 Å². The van der Waals surface area contributed by atoms with Crippen LogP contribution in [0.1, 0.15) is 52.4 Å². The molecule has 2 atom stereocenters. The molecule has 0 N–H and O–H groups in total. The molecule has 5 nitrogen and oxygen atoms in total. The third-order valence-corrected chi connectivity index (χ3v) is 5.26. The van der Waals surface area contributed by atoms with Crippen molar-refractivity contribution in [3.8, 4) is 0 Å². The molecule has 1 fully saturated rings. The summed E-state index contributed by atoms with van der Waals surface area (Å²) in [6.45, 7) is 8.43. The van der Waals surface area contributed by atoms with Crippen molar-refractivity contribution < 1.29 is 14.3 Å². The second-order valence-electron chi connectivity index (χ2n) is 7.13. The molecule has 0 aromatic rings. The van der Waals surface area contributed by atoms with Crippen molar-refractivity contribution in [2.24, 2.45) is 11.8 Å². The fourth-order valence-corrected chi connectivity index (χ4v) is 3.64. The van der Waals surface area contributed by atoms with Gasteiger partial charge in [0.15, 0.2) is 0 Å². The molecule has 1 aliphatic heterocycles. The molecule has 5 heteroatoms. The fourth-order valence-electron chi connectivity index (χ4n) is 3.64. The molecule has 1 aliphatic carbocycles. The Kier molecular flexibility index (Phi) is 8.45. The minimum absolute atomic E-state index is 0.136. The Bertz CT molecular complexity index is 450. The molecule has 2 unspecified atom stereocenters. The second-order valence-corrected chi connectivity index (χ2v) is 7.13.